The van der Waals surface area contributed by atoms with E-state index < -0.39 is 15.6 Å². The van der Waals surface area contributed by atoms with Gasteiger partial charge in [0.25, 0.3) is 1.43 Å². The van der Waals surface area contributed by atoms with Gasteiger partial charge in [0.1, 0.15) is 17.3 Å². The second kappa shape index (κ2) is 7.20. The fourth-order valence-electron chi connectivity index (χ4n) is 2.36. The lowest BCUT2D eigenvalue weighted by atomic mass is 10.1. The van der Waals surface area contributed by atoms with E-state index in [1.165, 1.54) is 40.0 Å². The summed E-state index contributed by atoms with van der Waals surface area (Å²) in [5.41, 5.74) is -5.65. The number of hydrogen-bond acceptors (Lipinski definition) is 4. The first-order valence-electron chi connectivity index (χ1n) is 7.40. The van der Waals surface area contributed by atoms with E-state index in [4.69, 9.17) is 14.4 Å². The first-order chi connectivity index (χ1) is 11.6. The quantitative estimate of drug-likeness (QED) is 0.492. The lowest BCUT2D eigenvalue weighted by Gasteiger charge is -2.08. The van der Waals surface area contributed by atoms with Gasteiger partial charge in [-0.25, -0.2) is 8.42 Å². The summed E-state index contributed by atoms with van der Waals surface area (Å²) in [6.45, 7) is 0. The Balaban J connectivity index is 0.000000242. The van der Waals surface area contributed by atoms with Crippen LogP contribution >= 0.6 is 0 Å². The zero-order valence-corrected chi connectivity index (χ0v) is 14.0. The smallest absolute Gasteiger partial charge is 0.485 e. The van der Waals surface area contributed by atoms with E-state index in [-0.39, 0.29) is 0 Å². The van der Waals surface area contributed by atoms with Crippen molar-refractivity contribution < 1.29 is 31.3 Å². The van der Waals surface area contributed by atoms with Crippen LogP contribution in [-0.4, -0.2) is 36.5 Å². The number of hydrogen-bond donors (Lipinski definition) is 1. The summed E-state index contributed by atoms with van der Waals surface area (Å²) in [5.74, 6) is 3.30. The SMILES string of the molecule is O=S(=O)([O-])C(F)(F)F.[2H]Oc1ccc2c([S+]3CCCC3)cccc2c1. The molecule has 1 N–H and O–H groups in total. The highest BCUT2D eigenvalue weighted by Gasteiger charge is 2.36. The molecule has 0 atom stereocenters. The number of phenolic OH excluding ortho intramolecular Hbond substituents is 1. The van der Waals surface area contributed by atoms with Gasteiger partial charge in [-0.1, -0.05) is 12.1 Å². The Morgan fingerprint density at radius 2 is 1.79 bits per heavy atom. The molecule has 1 fully saturated rings. The van der Waals surface area contributed by atoms with Crippen LogP contribution in [0, 0.1) is 0 Å². The van der Waals surface area contributed by atoms with Gasteiger partial charge in [-0.05, 0) is 42.5 Å². The summed E-state index contributed by atoms with van der Waals surface area (Å²) in [6.07, 6.45) is 2.74. The minimum absolute atomic E-state index is 0.438. The van der Waals surface area contributed by atoms with Gasteiger partial charge < -0.3 is 9.66 Å². The van der Waals surface area contributed by atoms with E-state index in [1.54, 1.807) is 0 Å². The third-order valence-corrected chi connectivity index (χ3v) is 6.55. The molecule has 2 aromatic rings. The van der Waals surface area contributed by atoms with Gasteiger partial charge in [0, 0.05) is 16.3 Å². The van der Waals surface area contributed by atoms with Gasteiger partial charge in [-0.3, -0.25) is 0 Å². The van der Waals surface area contributed by atoms with E-state index in [2.05, 4.69) is 29.4 Å². The standard InChI is InChI=1S/C14H14OS.CHF3O3S/c15-12-6-7-13-11(10-12)4-3-5-14(13)16-8-1-2-9-16;2-1(3,4)8(5,6)7/h3-7,10H,1-2,8-9H2;(H,5,6,7)/i/hD. The Bertz CT molecular complexity index is 834. The van der Waals surface area contributed by atoms with Crippen molar-refractivity contribution in [3.63, 3.8) is 0 Å². The molecule has 0 unspecified atom stereocenters. The van der Waals surface area contributed by atoms with Crippen LogP contribution in [0.25, 0.3) is 10.8 Å². The number of halogens is 3. The fourth-order valence-corrected chi connectivity index (χ4v) is 4.88. The molecule has 0 aliphatic carbocycles. The van der Waals surface area contributed by atoms with Crippen molar-refractivity contribution >= 4 is 31.8 Å². The molecule has 1 saturated heterocycles. The molecular formula is C15H15F3O4S2. The maximum atomic E-state index is 10.7. The number of rotatable bonds is 2. The first-order valence-corrected chi connectivity index (χ1v) is 9.96. The summed E-state index contributed by atoms with van der Waals surface area (Å²) in [5, 5.41) is 7.06. The maximum absolute atomic E-state index is 10.7. The maximum Gasteiger partial charge on any atom is 0.485 e. The Kier molecular flexibility index (Phi) is 5.21. The summed E-state index contributed by atoms with van der Waals surface area (Å²) < 4.78 is 65.8. The normalized spacial score (nSPS) is 16.4. The Morgan fingerprint density at radius 1 is 1.17 bits per heavy atom. The number of phenols is 1. The summed E-state index contributed by atoms with van der Waals surface area (Å²) in [6, 6.07) is 12.4. The topological polar surface area (TPSA) is 77.4 Å². The number of alkyl halides is 3. The van der Waals surface area contributed by atoms with Crippen molar-refractivity contribution in [2.75, 3.05) is 11.5 Å². The van der Waals surface area contributed by atoms with Crippen molar-refractivity contribution in [3.8, 4) is 5.75 Å². The van der Waals surface area contributed by atoms with E-state index in [0.29, 0.717) is 16.6 Å². The average Bonchev–Trinajstić information content (AvgIpc) is 3.06. The average molecular weight is 381 g/mol. The molecule has 0 saturated carbocycles. The molecule has 9 heteroatoms. The van der Waals surface area contributed by atoms with Crippen molar-refractivity contribution in [2.45, 2.75) is 23.2 Å². The molecule has 3 rings (SSSR count). The summed E-state index contributed by atoms with van der Waals surface area (Å²) in [7, 11) is -5.65. The van der Waals surface area contributed by atoms with Crippen LogP contribution in [0.1, 0.15) is 12.8 Å². The van der Waals surface area contributed by atoms with Crippen LogP contribution in [0.15, 0.2) is 41.3 Å². The summed E-state index contributed by atoms with van der Waals surface area (Å²) in [4.78, 5) is 1.50. The fraction of sp³-hybridized carbons (Fsp3) is 0.333. The van der Waals surface area contributed by atoms with Crippen LogP contribution < -0.4 is 0 Å². The third kappa shape index (κ3) is 4.55. The molecule has 2 aromatic carbocycles. The largest absolute Gasteiger partial charge is 0.741 e. The molecule has 0 spiro atoms. The van der Waals surface area contributed by atoms with Crippen LogP contribution in [0.3, 0.4) is 0 Å². The zero-order chi connectivity index (χ0) is 18.7. The molecule has 0 radical (unpaired) electrons. The van der Waals surface area contributed by atoms with E-state index in [0.717, 1.165) is 0 Å². The van der Waals surface area contributed by atoms with Crippen molar-refractivity contribution in [1.82, 2.24) is 0 Å². The highest BCUT2D eigenvalue weighted by Crippen LogP contribution is 2.31. The summed E-state index contributed by atoms with van der Waals surface area (Å²) >= 11 is 0. The van der Waals surface area contributed by atoms with Gasteiger partial charge in [-0.15, -0.1) is 0 Å². The number of fused-ring (bicyclic) bond motifs is 1. The number of aromatic hydroxyl groups is 1. The molecule has 4 nitrogen and oxygen atoms in total. The molecule has 0 aromatic heterocycles. The van der Waals surface area contributed by atoms with Gasteiger partial charge in [0.2, 0.25) is 0 Å². The molecule has 0 bridgehead atoms. The Labute approximate surface area is 141 Å². The number of benzene rings is 2. The highest BCUT2D eigenvalue weighted by atomic mass is 32.2. The third-order valence-electron chi connectivity index (χ3n) is 3.44. The predicted molar refractivity (Wildman–Crippen MR) is 86.0 cm³/mol. The molecule has 1 aliphatic rings. The van der Waals surface area contributed by atoms with Gasteiger partial charge in [-0.2, -0.15) is 13.2 Å². The highest BCUT2D eigenvalue weighted by molar-refractivity contribution is 7.97. The van der Waals surface area contributed by atoms with Crippen LogP contribution in [0.5, 0.6) is 5.75 Å². The van der Waals surface area contributed by atoms with Crippen molar-refractivity contribution in [1.29, 1.82) is 1.43 Å². The minimum Gasteiger partial charge on any atom is -0.741 e. The second-order valence-corrected chi connectivity index (χ2v) is 8.76. The van der Waals surface area contributed by atoms with E-state index >= 15 is 0 Å². The van der Waals surface area contributed by atoms with Crippen LogP contribution in [-0.2, 0) is 21.0 Å². The van der Waals surface area contributed by atoms with Crippen molar-refractivity contribution in [3.05, 3.63) is 36.4 Å². The molecule has 0 amide bonds. The van der Waals surface area contributed by atoms with E-state index in [9.17, 15) is 13.2 Å². The lowest BCUT2D eigenvalue weighted by molar-refractivity contribution is -0.0517. The van der Waals surface area contributed by atoms with Gasteiger partial charge >= 0.3 is 5.51 Å². The zero-order valence-electron chi connectivity index (χ0n) is 13.4. The van der Waals surface area contributed by atoms with Crippen LogP contribution in [0.4, 0.5) is 13.2 Å². The molecule has 24 heavy (non-hydrogen) atoms. The minimum atomic E-state index is -6.09. The Hall–Kier alpha value is -1.45. The first kappa shape index (κ1) is 17.4. The predicted octanol–water partition coefficient (Wildman–Crippen LogP) is 3.37. The second-order valence-electron chi connectivity index (χ2n) is 5.15. The molecule has 132 valence electrons. The molecule has 1 heterocycles. The van der Waals surface area contributed by atoms with Gasteiger partial charge in [0.15, 0.2) is 15.0 Å². The molecular weight excluding hydrogens is 365 g/mol. The van der Waals surface area contributed by atoms with Crippen LogP contribution in [0.2, 0.25) is 0 Å². The monoisotopic (exact) mass is 381 g/mol. The Morgan fingerprint density at radius 3 is 2.33 bits per heavy atom. The van der Waals surface area contributed by atoms with E-state index in [1.807, 2.05) is 12.1 Å². The van der Waals surface area contributed by atoms with Crippen molar-refractivity contribution in [2.24, 2.45) is 0 Å². The molecule has 1 aliphatic heterocycles. The lowest BCUT2D eigenvalue weighted by Crippen LogP contribution is -2.21. The van der Waals surface area contributed by atoms with Gasteiger partial charge in [0.05, 0.1) is 0 Å².